The molecule has 0 N–H and O–H groups in total. The standard InChI is InChI=1S/C10H21NS/c1-6-12-8-7-11(9(2)3)10(4)5/h6,9-10H,1,7-8H2,2-5H3. The molecule has 0 saturated heterocycles. The van der Waals surface area contributed by atoms with Crippen LogP contribution in [0.15, 0.2) is 12.0 Å². The van der Waals surface area contributed by atoms with Crippen molar-refractivity contribution in [2.45, 2.75) is 39.8 Å². The van der Waals surface area contributed by atoms with Gasteiger partial charge in [0.1, 0.15) is 0 Å². The molecule has 0 aliphatic carbocycles. The molecule has 0 aromatic rings. The molecule has 0 spiro atoms. The average Bonchev–Trinajstić information content (AvgIpc) is 1.96. The minimum Gasteiger partial charge on any atom is -0.298 e. The Hall–Kier alpha value is 0.0500. The molecule has 0 bridgehead atoms. The molecule has 0 saturated carbocycles. The summed E-state index contributed by atoms with van der Waals surface area (Å²) in [4.78, 5) is 2.50. The number of hydrogen-bond acceptors (Lipinski definition) is 2. The summed E-state index contributed by atoms with van der Waals surface area (Å²) in [6.07, 6.45) is 0. The van der Waals surface area contributed by atoms with Gasteiger partial charge in [-0.3, -0.25) is 4.90 Å². The van der Waals surface area contributed by atoms with Crippen LogP contribution >= 0.6 is 11.8 Å². The van der Waals surface area contributed by atoms with E-state index < -0.39 is 0 Å². The lowest BCUT2D eigenvalue weighted by Gasteiger charge is -2.30. The molecule has 0 heterocycles. The van der Waals surface area contributed by atoms with Crippen molar-refractivity contribution in [1.82, 2.24) is 4.90 Å². The van der Waals surface area contributed by atoms with Crippen LogP contribution in [0.5, 0.6) is 0 Å². The summed E-state index contributed by atoms with van der Waals surface area (Å²) >= 11 is 1.79. The van der Waals surface area contributed by atoms with Crippen LogP contribution < -0.4 is 0 Å². The zero-order valence-corrected chi connectivity index (χ0v) is 9.53. The highest BCUT2D eigenvalue weighted by Gasteiger charge is 2.11. The third-order valence-corrected chi connectivity index (χ3v) is 2.57. The summed E-state index contributed by atoms with van der Waals surface area (Å²) in [5.74, 6) is 1.15. The summed E-state index contributed by atoms with van der Waals surface area (Å²) in [5, 5.41) is 1.92. The van der Waals surface area contributed by atoms with Crippen LogP contribution in [-0.2, 0) is 0 Å². The van der Waals surface area contributed by atoms with Crippen molar-refractivity contribution in [2.24, 2.45) is 0 Å². The first-order valence-corrected chi connectivity index (χ1v) is 5.62. The largest absolute Gasteiger partial charge is 0.298 e. The van der Waals surface area contributed by atoms with E-state index in [0.717, 1.165) is 12.3 Å². The number of nitrogens with zero attached hydrogens (tertiary/aromatic N) is 1. The predicted molar refractivity (Wildman–Crippen MR) is 59.6 cm³/mol. The average molecular weight is 187 g/mol. The molecule has 0 aliphatic rings. The summed E-state index contributed by atoms with van der Waals surface area (Å²) in [6.45, 7) is 13.8. The Bertz CT molecular complexity index is 113. The van der Waals surface area contributed by atoms with Gasteiger partial charge in [0.2, 0.25) is 0 Å². The van der Waals surface area contributed by atoms with E-state index in [-0.39, 0.29) is 0 Å². The Morgan fingerprint density at radius 1 is 1.25 bits per heavy atom. The molecule has 0 aromatic carbocycles. The van der Waals surface area contributed by atoms with Crippen molar-refractivity contribution >= 4 is 11.8 Å². The summed E-state index contributed by atoms with van der Waals surface area (Å²) in [6, 6.07) is 1.30. The molecule has 0 aliphatic heterocycles. The van der Waals surface area contributed by atoms with Gasteiger partial charge in [-0.1, -0.05) is 6.58 Å². The van der Waals surface area contributed by atoms with Gasteiger partial charge in [-0.25, -0.2) is 0 Å². The highest BCUT2D eigenvalue weighted by molar-refractivity contribution is 8.02. The summed E-state index contributed by atoms with van der Waals surface area (Å²) < 4.78 is 0. The third-order valence-electron chi connectivity index (χ3n) is 1.91. The van der Waals surface area contributed by atoms with E-state index >= 15 is 0 Å². The van der Waals surface area contributed by atoms with Gasteiger partial charge in [0, 0.05) is 24.4 Å². The smallest absolute Gasteiger partial charge is 0.0102 e. The normalized spacial score (nSPS) is 11.6. The van der Waals surface area contributed by atoms with Gasteiger partial charge < -0.3 is 0 Å². The molecule has 0 amide bonds. The maximum atomic E-state index is 3.69. The van der Waals surface area contributed by atoms with Crippen molar-refractivity contribution in [3.63, 3.8) is 0 Å². The Kier molecular flexibility index (Phi) is 6.58. The number of rotatable bonds is 6. The summed E-state index contributed by atoms with van der Waals surface area (Å²) in [7, 11) is 0. The molecule has 72 valence electrons. The van der Waals surface area contributed by atoms with Gasteiger partial charge in [0.15, 0.2) is 0 Å². The van der Waals surface area contributed by atoms with Crippen LogP contribution in [0.25, 0.3) is 0 Å². The number of thioether (sulfide) groups is 1. The summed E-state index contributed by atoms with van der Waals surface area (Å²) in [5.41, 5.74) is 0. The van der Waals surface area contributed by atoms with Crippen LogP contribution in [0.3, 0.4) is 0 Å². The van der Waals surface area contributed by atoms with E-state index in [2.05, 4.69) is 39.2 Å². The lowest BCUT2D eigenvalue weighted by Crippen LogP contribution is -2.38. The number of hydrogen-bond donors (Lipinski definition) is 0. The van der Waals surface area contributed by atoms with E-state index in [1.165, 1.54) is 0 Å². The lowest BCUT2D eigenvalue weighted by atomic mass is 10.2. The fourth-order valence-corrected chi connectivity index (χ4v) is 1.84. The highest BCUT2D eigenvalue weighted by Crippen LogP contribution is 2.07. The minimum absolute atomic E-state index is 0.649. The quantitative estimate of drug-likeness (QED) is 0.588. The second-order valence-electron chi connectivity index (χ2n) is 3.46. The van der Waals surface area contributed by atoms with Crippen molar-refractivity contribution in [3.05, 3.63) is 12.0 Å². The minimum atomic E-state index is 0.649. The topological polar surface area (TPSA) is 3.24 Å². The maximum Gasteiger partial charge on any atom is 0.0102 e. The van der Waals surface area contributed by atoms with Gasteiger partial charge in [-0.2, -0.15) is 0 Å². The van der Waals surface area contributed by atoms with Crippen LogP contribution in [0.4, 0.5) is 0 Å². The zero-order chi connectivity index (χ0) is 9.56. The van der Waals surface area contributed by atoms with Crippen molar-refractivity contribution in [3.8, 4) is 0 Å². The fourth-order valence-electron chi connectivity index (χ4n) is 1.35. The van der Waals surface area contributed by atoms with Crippen molar-refractivity contribution in [2.75, 3.05) is 12.3 Å². The first kappa shape index (κ1) is 12.0. The first-order chi connectivity index (χ1) is 5.59. The molecule has 0 fully saturated rings. The molecular weight excluding hydrogens is 166 g/mol. The monoisotopic (exact) mass is 187 g/mol. The van der Waals surface area contributed by atoms with Crippen LogP contribution in [0.1, 0.15) is 27.7 Å². The second-order valence-corrected chi connectivity index (χ2v) is 4.54. The van der Waals surface area contributed by atoms with Crippen molar-refractivity contribution in [1.29, 1.82) is 0 Å². The molecule has 0 unspecified atom stereocenters. The molecule has 0 atom stereocenters. The Morgan fingerprint density at radius 2 is 1.75 bits per heavy atom. The Labute approximate surface area is 81.2 Å². The SMILES string of the molecule is C=CSCCN(C(C)C)C(C)C. The molecule has 0 radical (unpaired) electrons. The van der Waals surface area contributed by atoms with Gasteiger partial charge in [-0.05, 0) is 33.1 Å². The second kappa shape index (κ2) is 6.55. The lowest BCUT2D eigenvalue weighted by molar-refractivity contribution is 0.187. The van der Waals surface area contributed by atoms with E-state index in [9.17, 15) is 0 Å². The molecule has 0 rings (SSSR count). The van der Waals surface area contributed by atoms with Gasteiger partial charge in [0.05, 0.1) is 0 Å². The Balaban J connectivity index is 3.71. The Morgan fingerprint density at radius 3 is 2.08 bits per heavy atom. The van der Waals surface area contributed by atoms with Gasteiger partial charge in [-0.15, -0.1) is 11.8 Å². The van der Waals surface area contributed by atoms with Crippen molar-refractivity contribution < 1.29 is 0 Å². The molecule has 2 heteroatoms. The third kappa shape index (κ3) is 4.83. The van der Waals surface area contributed by atoms with Crippen LogP contribution in [0, 0.1) is 0 Å². The molecule has 1 nitrogen and oxygen atoms in total. The molecule has 12 heavy (non-hydrogen) atoms. The van der Waals surface area contributed by atoms with Crippen LogP contribution in [0.2, 0.25) is 0 Å². The maximum absolute atomic E-state index is 3.69. The zero-order valence-electron chi connectivity index (χ0n) is 8.71. The van der Waals surface area contributed by atoms with E-state index in [1.807, 2.05) is 5.41 Å². The van der Waals surface area contributed by atoms with E-state index in [4.69, 9.17) is 0 Å². The highest BCUT2D eigenvalue weighted by atomic mass is 32.2. The fraction of sp³-hybridized carbons (Fsp3) is 0.800. The van der Waals surface area contributed by atoms with Crippen LogP contribution in [-0.4, -0.2) is 29.3 Å². The molecular formula is C10H21NS. The van der Waals surface area contributed by atoms with Gasteiger partial charge in [0.25, 0.3) is 0 Å². The van der Waals surface area contributed by atoms with E-state index in [1.54, 1.807) is 11.8 Å². The molecule has 0 aromatic heterocycles. The van der Waals surface area contributed by atoms with E-state index in [0.29, 0.717) is 12.1 Å². The van der Waals surface area contributed by atoms with Gasteiger partial charge >= 0.3 is 0 Å². The predicted octanol–water partition coefficient (Wildman–Crippen LogP) is 2.98. The first-order valence-electron chi connectivity index (χ1n) is 4.57.